The average molecular weight is 246 g/mol. The highest BCUT2D eigenvalue weighted by atomic mass is 19.1. The molecule has 2 nitrogen and oxygen atoms in total. The first-order chi connectivity index (χ1) is 8.70. The van der Waals surface area contributed by atoms with Gasteiger partial charge in [0.05, 0.1) is 13.2 Å². The van der Waals surface area contributed by atoms with Crippen molar-refractivity contribution in [3.63, 3.8) is 0 Å². The summed E-state index contributed by atoms with van der Waals surface area (Å²) in [7, 11) is 1.41. The predicted octanol–water partition coefficient (Wildman–Crippen LogP) is 3.11. The fourth-order valence-corrected chi connectivity index (χ4v) is 1.84. The molecule has 0 saturated heterocycles. The van der Waals surface area contributed by atoms with Gasteiger partial charge in [-0.05, 0) is 23.3 Å². The SMILES string of the molecule is COc1cc([C@@H](O)Cc2ccccc2)ccc1F. The van der Waals surface area contributed by atoms with E-state index in [4.69, 9.17) is 4.74 Å². The summed E-state index contributed by atoms with van der Waals surface area (Å²) in [6.07, 6.45) is -0.169. The summed E-state index contributed by atoms with van der Waals surface area (Å²) in [5, 5.41) is 10.1. The molecule has 18 heavy (non-hydrogen) atoms. The minimum Gasteiger partial charge on any atom is -0.494 e. The lowest BCUT2D eigenvalue weighted by atomic mass is 10.0. The van der Waals surface area contributed by atoms with Crippen molar-refractivity contribution in [2.75, 3.05) is 7.11 Å². The zero-order chi connectivity index (χ0) is 13.0. The quantitative estimate of drug-likeness (QED) is 0.898. The molecule has 0 fully saturated rings. The first kappa shape index (κ1) is 12.6. The normalized spacial score (nSPS) is 12.2. The van der Waals surface area contributed by atoms with E-state index in [0.717, 1.165) is 5.56 Å². The second-order valence-corrected chi connectivity index (χ2v) is 4.10. The lowest BCUT2D eigenvalue weighted by Crippen LogP contribution is -2.02. The molecular formula is C15H15FO2. The molecule has 0 aliphatic carbocycles. The fraction of sp³-hybridized carbons (Fsp3) is 0.200. The Hall–Kier alpha value is -1.87. The lowest BCUT2D eigenvalue weighted by molar-refractivity contribution is 0.178. The maximum absolute atomic E-state index is 13.3. The second kappa shape index (κ2) is 5.65. The van der Waals surface area contributed by atoms with Gasteiger partial charge in [0.1, 0.15) is 0 Å². The molecule has 3 heteroatoms. The number of ether oxygens (including phenoxy) is 1. The van der Waals surface area contributed by atoms with E-state index in [1.54, 1.807) is 6.07 Å². The van der Waals surface area contributed by atoms with Crippen LogP contribution in [0.5, 0.6) is 5.75 Å². The minimum atomic E-state index is -0.665. The molecule has 0 radical (unpaired) electrons. The molecule has 1 atom stereocenters. The molecule has 2 aromatic rings. The first-order valence-corrected chi connectivity index (χ1v) is 5.76. The van der Waals surface area contributed by atoms with E-state index in [2.05, 4.69) is 0 Å². The van der Waals surface area contributed by atoms with Crippen LogP contribution in [0.25, 0.3) is 0 Å². The van der Waals surface area contributed by atoms with Crippen molar-refractivity contribution < 1.29 is 14.2 Å². The van der Waals surface area contributed by atoms with E-state index in [1.165, 1.54) is 19.2 Å². The van der Waals surface area contributed by atoms with Gasteiger partial charge in [0.2, 0.25) is 0 Å². The van der Waals surface area contributed by atoms with Gasteiger partial charge >= 0.3 is 0 Å². The highest BCUT2D eigenvalue weighted by Gasteiger charge is 2.11. The van der Waals surface area contributed by atoms with E-state index < -0.39 is 11.9 Å². The Kier molecular flexibility index (Phi) is 3.95. The van der Waals surface area contributed by atoms with Crippen LogP contribution in [-0.2, 0) is 6.42 Å². The number of hydrogen-bond acceptors (Lipinski definition) is 2. The Morgan fingerprint density at radius 3 is 2.56 bits per heavy atom. The van der Waals surface area contributed by atoms with Gasteiger partial charge in [0.15, 0.2) is 11.6 Å². The smallest absolute Gasteiger partial charge is 0.165 e. The zero-order valence-electron chi connectivity index (χ0n) is 10.1. The van der Waals surface area contributed by atoms with Crippen molar-refractivity contribution >= 4 is 0 Å². The molecule has 0 heterocycles. The molecule has 94 valence electrons. The number of hydrogen-bond donors (Lipinski definition) is 1. The first-order valence-electron chi connectivity index (χ1n) is 5.76. The Morgan fingerprint density at radius 1 is 1.17 bits per heavy atom. The highest BCUT2D eigenvalue weighted by Crippen LogP contribution is 2.24. The van der Waals surface area contributed by atoms with Crippen LogP contribution < -0.4 is 4.74 Å². The van der Waals surface area contributed by atoms with Crippen molar-refractivity contribution in [2.24, 2.45) is 0 Å². The van der Waals surface area contributed by atoms with Crippen LogP contribution in [-0.4, -0.2) is 12.2 Å². The summed E-state index contributed by atoms with van der Waals surface area (Å²) in [4.78, 5) is 0. The van der Waals surface area contributed by atoms with Gasteiger partial charge in [-0.1, -0.05) is 36.4 Å². The van der Waals surface area contributed by atoms with Gasteiger partial charge in [-0.2, -0.15) is 0 Å². The Labute approximate surface area is 106 Å². The van der Waals surface area contributed by atoms with Gasteiger partial charge in [-0.25, -0.2) is 4.39 Å². The fourth-order valence-electron chi connectivity index (χ4n) is 1.84. The number of methoxy groups -OCH3 is 1. The van der Waals surface area contributed by atoms with Crippen molar-refractivity contribution in [3.05, 3.63) is 65.5 Å². The van der Waals surface area contributed by atoms with Crippen LogP contribution in [0.1, 0.15) is 17.2 Å². The molecular weight excluding hydrogens is 231 g/mol. The average Bonchev–Trinajstić information content (AvgIpc) is 2.40. The van der Waals surface area contributed by atoms with E-state index in [9.17, 15) is 9.50 Å². The van der Waals surface area contributed by atoms with Gasteiger partial charge in [-0.15, -0.1) is 0 Å². The van der Waals surface area contributed by atoms with Crippen LogP contribution in [0.4, 0.5) is 4.39 Å². The van der Waals surface area contributed by atoms with Crippen LogP contribution in [0.2, 0.25) is 0 Å². The van der Waals surface area contributed by atoms with Crippen LogP contribution in [0.3, 0.4) is 0 Å². The number of benzene rings is 2. The third-order valence-electron chi connectivity index (χ3n) is 2.83. The van der Waals surface area contributed by atoms with Gasteiger partial charge in [0, 0.05) is 6.42 Å². The molecule has 0 unspecified atom stereocenters. The van der Waals surface area contributed by atoms with Crippen molar-refractivity contribution in [1.29, 1.82) is 0 Å². The summed E-state index contributed by atoms with van der Waals surface area (Å²) in [6.45, 7) is 0. The molecule has 0 bridgehead atoms. The molecule has 1 N–H and O–H groups in total. The number of aliphatic hydroxyl groups excluding tert-OH is 1. The summed E-state index contributed by atoms with van der Waals surface area (Å²) >= 11 is 0. The Bertz CT molecular complexity index is 511. The number of aliphatic hydroxyl groups is 1. The summed E-state index contributed by atoms with van der Waals surface area (Å²) in [5.41, 5.74) is 1.69. The monoisotopic (exact) mass is 246 g/mol. The molecule has 0 aliphatic rings. The van der Waals surface area contributed by atoms with E-state index in [0.29, 0.717) is 12.0 Å². The molecule has 0 spiro atoms. The summed E-state index contributed by atoms with van der Waals surface area (Å²) in [5.74, 6) is -0.271. The van der Waals surface area contributed by atoms with Crippen molar-refractivity contribution in [1.82, 2.24) is 0 Å². The maximum Gasteiger partial charge on any atom is 0.165 e. The Balaban J connectivity index is 2.16. The van der Waals surface area contributed by atoms with E-state index in [-0.39, 0.29) is 5.75 Å². The number of rotatable bonds is 4. The van der Waals surface area contributed by atoms with Crippen LogP contribution in [0, 0.1) is 5.82 Å². The van der Waals surface area contributed by atoms with Gasteiger partial charge in [-0.3, -0.25) is 0 Å². The molecule has 0 amide bonds. The molecule has 2 rings (SSSR count). The second-order valence-electron chi connectivity index (χ2n) is 4.10. The standard InChI is InChI=1S/C15H15FO2/c1-18-15-10-12(7-8-13(15)16)14(17)9-11-5-3-2-4-6-11/h2-8,10,14,17H,9H2,1H3/t14-/m0/s1. The molecule has 0 saturated carbocycles. The minimum absolute atomic E-state index is 0.152. The van der Waals surface area contributed by atoms with Crippen LogP contribution in [0.15, 0.2) is 48.5 Å². The molecule has 0 aliphatic heterocycles. The summed E-state index contributed by atoms with van der Waals surface area (Å²) < 4.78 is 18.2. The van der Waals surface area contributed by atoms with Crippen molar-refractivity contribution in [3.8, 4) is 5.75 Å². The van der Waals surface area contributed by atoms with E-state index in [1.807, 2.05) is 30.3 Å². The predicted molar refractivity (Wildman–Crippen MR) is 68.1 cm³/mol. The van der Waals surface area contributed by atoms with Crippen molar-refractivity contribution in [2.45, 2.75) is 12.5 Å². The van der Waals surface area contributed by atoms with Gasteiger partial charge in [0.25, 0.3) is 0 Å². The topological polar surface area (TPSA) is 29.5 Å². The zero-order valence-corrected chi connectivity index (χ0v) is 10.1. The Morgan fingerprint density at radius 2 is 1.89 bits per heavy atom. The van der Waals surface area contributed by atoms with Gasteiger partial charge < -0.3 is 9.84 Å². The molecule has 0 aromatic heterocycles. The van der Waals surface area contributed by atoms with Crippen LogP contribution >= 0.6 is 0 Å². The lowest BCUT2D eigenvalue weighted by Gasteiger charge is -2.12. The molecule has 2 aromatic carbocycles. The largest absolute Gasteiger partial charge is 0.494 e. The van der Waals surface area contributed by atoms with E-state index >= 15 is 0 Å². The third-order valence-corrected chi connectivity index (χ3v) is 2.83. The summed E-state index contributed by atoms with van der Waals surface area (Å²) in [6, 6.07) is 14.1. The highest BCUT2D eigenvalue weighted by molar-refractivity contribution is 5.32. The number of halogens is 1. The third kappa shape index (κ3) is 2.87. The maximum atomic E-state index is 13.3.